The minimum Gasteiger partial charge on any atom is -0.385 e. The molecule has 1 fully saturated rings. The molecule has 0 aromatic rings. The summed E-state index contributed by atoms with van der Waals surface area (Å²) in [5, 5.41) is 0. The van der Waals surface area contributed by atoms with E-state index in [9.17, 15) is 0 Å². The highest BCUT2D eigenvalue weighted by Crippen LogP contribution is 2.18. The number of nitrogens with two attached hydrogens (primary N) is 1. The predicted molar refractivity (Wildman–Crippen MR) is 54.7 cm³/mol. The molecule has 1 aliphatic rings. The van der Waals surface area contributed by atoms with Crippen LogP contribution in [-0.4, -0.2) is 43.8 Å². The van der Waals surface area contributed by atoms with Gasteiger partial charge in [0.15, 0.2) is 0 Å². The Balaban J connectivity index is 2.28. The molecular weight excluding hydrogens is 164 g/mol. The Morgan fingerprint density at radius 2 is 2.23 bits per heavy atom. The van der Waals surface area contributed by atoms with Crippen LogP contribution in [0.25, 0.3) is 0 Å². The number of likely N-dealkylation sites (tertiary alicyclic amines) is 1. The minimum atomic E-state index is 0.366. The number of ether oxygens (including phenoxy) is 1. The molecule has 0 radical (unpaired) electrons. The Kier molecular flexibility index (Phi) is 4.16. The van der Waals surface area contributed by atoms with Gasteiger partial charge in [-0.05, 0) is 19.3 Å². The molecule has 1 saturated heterocycles. The van der Waals surface area contributed by atoms with E-state index in [-0.39, 0.29) is 0 Å². The van der Waals surface area contributed by atoms with Crippen molar-refractivity contribution in [3.63, 3.8) is 0 Å². The summed E-state index contributed by atoms with van der Waals surface area (Å²) in [7, 11) is 1.76. The Hall–Kier alpha value is -0.120. The van der Waals surface area contributed by atoms with Crippen LogP contribution < -0.4 is 5.73 Å². The van der Waals surface area contributed by atoms with E-state index in [1.165, 1.54) is 0 Å². The molecule has 0 aromatic heterocycles. The van der Waals surface area contributed by atoms with Gasteiger partial charge < -0.3 is 10.5 Å². The molecule has 0 amide bonds. The van der Waals surface area contributed by atoms with Crippen LogP contribution >= 0.6 is 0 Å². The Morgan fingerprint density at radius 3 is 2.69 bits per heavy atom. The first kappa shape index (κ1) is 11.0. The molecule has 0 spiro atoms. The minimum absolute atomic E-state index is 0.366. The fraction of sp³-hybridized carbons (Fsp3) is 1.00. The lowest BCUT2D eigenvalue weighted by Gasteiger charge is -2.23. The van der Waals surface area contributed by atoms with Crippen molar-refractivity contribution in [2.75, 3.05) is 26.8 Å². The lowest BCUT2D eigenvalue weighted by atomic mass is 10.1. The number of hydrogen-bond donors (Lipinski definition) is 1. The molecule has 3 atom stereocenters. The highest BCUT2D eigenvalue weighted by Gasteiger charge is 2.28. The van der Waals surface area contributed by atoms with Crippen LogP contribution in [0.1, 0.15) is 20.3 Å². The summed E-state index contributed by atoms with van der Waals surface area (Å²) in [5.74, 6) is 0.644. The molecule has 1 heterocycles. The van der Waals surface area contributed by atoms with Gasteiger partial charge >= 0.3 is 0 Å². The smallest absolute Gasteiger partial charge is 0.0477 e. The van der Waals surface area contributed by atoms with Gasteiger partial charge in [0.25, 0.3) is 0 Å². The topological polar surface area (TPSA) is 38.5 Å². The van der Waals surface area contributed by atoms with Crippen LogP contribution in [0.5, 0.6) is 0 Å². The molecule has 1 rings (SSSR count). The van der Waals surface area contributed by atoms with Crippen LogP contribution in [0.2, 0.25) is 0 Å². The van der Waals surface area contributed by atoms with E-state index in [4.69, 9.17) is 10.5 Å². The third kappa shape index (κ3) is 2.93. The van der Waals surface area contributed by atoms with Crippen LogP contribution in [0.4, 0.5) is 0 Å². The van der Waals surface area contributed by atoms with Crippen LogP contribution in [0, 0.1) is 5.92 Å². The second-order valence-electron chi connectivity index (χ2n) is 4.23. The van der Waals surface area contributed by atoms with Crippen LogP contribution in [-0.2, 0) is 4.74 Å². The Bertz CT molecular complexity index is 142. The van der Waals surface area contributed by atoms with E-state index < -0.39 is 0 Å². The largest absolute Gasteiger partial charge is 0.385 e. The van der Waals surface area contributed by atoms with Crippen molar-refractivity contribution in [3.05, 3.63) is 0 Å². The zero-order valence-corrected chi connectivity index (χ0v) is 8.99. The molecule has 78 valence electrons. The standard InChI is InChI=1S/C10H22N2O/c1-8-6-12(7-10(8)11)9(2)4-5-13-3/h8-10H,4-7,11H2,1-3H3. The average molecular weight is 186 g/mol. The second-order valence-corrected chi connectivity index (χ2v) is 4.23. The van der Waals surface area contributed by atoms with Gasteiger partial charge in [0, 0.05) is 38.9 Å². The maximum Gasteiger partial charge on any atom is 0.0477 e. The zero-order chi connectivity index (χ0) is 9.84. The molecule has 3 nitrogen and oxygen atoms in total. The maximum atomic E-state index is 5.96. The van der Waals surface area contributed by atoms with Crippen LogP contribution in [0.3, 0.4) is 0 Å². The van der Waals surface area contributed by atoms with E-state index in [1.807, 2.05) is 0 Å². The number of rotatable bonds is 4. The summed E-state index contributed by atoms with van der Waals surface area (Å²) in [4.78, 5) is 2.47. The third-order valence-corrected chi connectivity index (χ3v) is 3.06. The molecule has 2 N–H and O–H groups in total. The van der Waals surface area contributed by atoms with Gasteiger partial charge in [0.2, 0.25) is 0 Å². The monoisotopic (exact) mass is 186 g/mol. The van der Waals surface area contributed by atoms with E-state index in [0.29, 0.717) is 18.0 Å². The highest BCUT2D eigenvalue weighted by atomic mass is 16.5. The van der Waals surface area contributed by atoms with Gasteiger partial charge in [-0.1, -0.05) is 6.92 Å². The summed E-state index contributed by atoms with van der Waals surface area (Å²) in [6.07, 6.45) is 1.11. The van der Waals surface area contributed by atoms with E-state index in [2.05, 4.69) is 18.7 Å². The van der Waals surface area contributed by atoms with E-state index >= 15 is 0 Å². The normalized spacial score (nSPS) is 32.3. The van der Waals surface area contributed by atoms with Gasteiger partial charge in [-0.15, -0.1) is 0 Å². The third-order valence-electron chi connectivity index (χ3n) is 3.06. The van der Waals surface area contributed by atoms with Crippen molar-refractivity contribution in [2.45, 2.75) is 32.4 Å². The quantitative estimate of drug-likeness (QED) is 0.702. The lowest BCUT2D eigenvalue weighted by molar-refractivity contribution is 0.150. The summed E-state index contributed by atoms with van der Waals surface area (Å²) < 4.78 is 5.07. The summed E-state index contributed by atoms with van der Waals surface area (Å²) in [5.41, 5.74) is 5.96. The SMILES string of the molecule is COCCC(C)N1CC(C)C(N)C1. The van der Waals surface area contributed by atoms with E-state index in [1.54, 1.807) is 7.11 Å². The fourth-order valence-electron chi connectivity index (χ4n) is 1.86. The van der Waals surface area contributed by atoms with Gasteiger partial charge in [-0.3, -0.25) is 4.90 Å². The average Bonchev–Trinajstić information content (AvgIpc) is 2.43. The first-order chi connectivity index (χ1) is 6.15. The van der Waals surface area contributed by atoms with Crippen molar-refractivity contribution in [1.29, 1.82) is 0 Å². The molecule has 0 aromatic carbocycles. The van der Waals surface area contributed by atoms with Crippen molar-refractivity contribution in [1.82, 2.24) is 4.90 Å². The highest BCUT2D eigenvalue weighted by molar-refractivity contribution is 4.86. The van der Waals surface area contributed by atoms with Gasteiger partial charge in [-0.2, -0.15) is 0 Å². The summed E-state index contributed by atoms with van der Waals surface area (Å²) in [6, 6.07) is 0.973. The first-order valence-electron chi connectivity index (χ1n) is 5.13. The molecular formula is C10H22N2O. The van der Waals surface area contributed by atoms with Crippen molar-refractivity contribution >= 4 is 0 Å². The molecule has 13 heavy (non-hydrogen) atoms. The molecule has 3 heteroatoms. The number of methoxy groups -OCH3 is 1. The Morgan fingerprint density at radius 1 is 1.54 bits per heavy atom. The summed E-state index contributed by atoms with van der Waals surface area (Å²) >= 11 is 0. The molecule has 0 saturated carbocycles. The molecule has 0 aliphatic carbocycles. The Labute approximate surface area is 81.2 Å². The van der Waals surface area contributed by atoms with Gasteiger partial charge in [0.1, 0.15) is 0 Å². The second kappa shape index (κ2) is 4.94. The van der Waals surface area contributed by atoms with Crippen molar-refractivity contribution in [3.8, 4) is 0 Å². The van der Waals surface area contributed by atoms with Crippen molar-refractivity contribution in [2.24, 2.45) is 11.7 Å². The number of nitrogens with zero attached hydrogens (tertiary/aromatic N) is 1. The molecule has 0 bridgehead atoms. The first-order valence-corrected chi connectivity index (χ1v) is 5.13. The van der Waals surface area contributed by atoms with E-state index in [0.717, 1.165) is 26.1 Å². The maximum absolute atomic E-state index is 5.96. The lowest BCUT2D eigenvalue weighted by Crippen LogP contribution is -2.34. The zero-order valence-electron chi connectivity index (χ0n) is 8.99. The van der Waals surface area contributed by atoms with Gasteiger partial charge in [-0.25, -0.2) is 0 Å². The fourth-order valence-corrected chi connectivity index (χ4v) is 1.86. The summed E-state index contributed by atoms with van der Waals surface area (Å²) in [6.45, 7) is 7.52. The predicted octanol–water partition coefficient (Wildman–Crippen LogP) is 0.690. The molecule has 3 unspecified atom stereocenters. The number of hydrogen-bond acceptors (Lipinski definition) is 3. The van der Waals surface area contributed by atoms with Gasteiger partial charge in [0.05, 0.1) is 0 Å². The molecule has 1 aliphatic heterocycles. The van der Waals surface area contributed by atoms with Crippen LogP contribution in [0.15, 0.2) is 0 Å². The van der Waals surface area contributed by atoms with Crippen molar-refractivity contribution < 1.29 is 4.74 Å².